The molecule has 1 heterocycles. The molecule has 0 aromatic heterocycles. The molecule has 0 bridgehead atoms. The van der Waals surface area contributed by atoms with Gasteiger partial charge >= 0.3 is 0 Å². The van der Waals surface area contributed by atoms with Crippen LogP contribution in [0.15, 0.2) is 78.9 Å². The Morgan fingerprint density at radius 1 is 1.08 bits per heavy atom. The Hall–Kier alpha value is -2.46. The average Bonchev–Trinajstić information content (AvgIpc) is 3.09. The van der Waals surface area contributed by atoms with E-state index in [0.717, 1.165) is 16.4 Å². The number of carbonyl (C=O) groups is 2. The first-order chi connectivity index (χ1) is 18.5. The Balaban J connectivity index is 1.47. The van der Waals surface area contributed by atoms with Crippen LogP contribution in [0.4, 0.5) is 0 Å². The second kappa shape index (κ2) is 14.1. The standard InChI is InChI=1S/C30H34ClIN4O2/c31-27-17-23(11-12-24(27)18-32)29(37)34-19-25-14-16-36(30(38)28(35-25)13-15-33)20-26(21-7-3-1-4-8-21)22-9-5-2-6-10-22/h1-12,17,25-26,28,35H,13-16,18-20,33H2,(H,34,37)/t25-,28-/m0/s1. The van der Waals surface area contributed by atoms with Gasteiger partial charge < -0.3 is 21.3 Å². The molecule has 1 aliphatic heterocycles. The molecule has 2 amide bonds. The molecule has 200 valence electrons. The van der Waals surface area contributed by atoms with Crippen LogP contribution in [0.2, 0.25) is 5.02 Å². The molecule has 2 atom stereocenters. The van der Waals surface area contributed by atoms with Crippen LogP contribution in [0, 0.1) is 0 Å². The quantitative estimate of drug-likeness (QED) is 0.220. The molecule has 1 fully saturated rings. The third-order valence-corrected chi connectivity index (χ3v) is 8.20. The predicted molar refractivity (Wildman–Crippen MR) is 162 cm³/mol. The van der Waals surface area contributed by atoms with Crippen LogP contribution in [0.3, 0.4) is 0 Å². The molecule has 38 heavy (non-hydrogen) atoms. The zero-order valence-electron chi connectivity index (χ0n) is 21.3. The van der Waals surface area contributed by atoms with Gasteiger partial charge in [0.2, 0.25) is 5.91 Å². The van der Waals surface area contributed by atoms with Gasteiger partial charge in [-0.1, -0.05) is 101 Å². The normalized spacial score (nSPS) is 17.9. The molecule has 8 heteroatoms. The summed E-state index contributed by atoms with van der Waals surface area (Å²) in [6.07, 6.45) is 1.26. The van der Waals surface area contributed by atoms with Gasteiger partial charge in [0, 0.05) is 46.6 Å². The Kier molecular flexibility index (Phi) is 10.6. The van der Waals surface area contributed by atoms with Crippen LogP contribution in [0.1, 0.15) is 45.8 Å². The summed E-state index contributed by atoms with van der Waals surface area (Å²) in [5.41, 5.74) is 9.77. The third-order valence-electron chi connectivity index (χ3n) is 7.02. The molecular weight excluding hydrogens is 611 g/mol. The van der Waals surface area contributed by atoms with Crippen LogP contribution < -0.4 is 16.4 Å². The molecule has 0 aliphatic carbocycles. The average molecular weight is 645 g/mol. The summed E-state index contributed by atoms with van der Waals surface area (Å²) in [7, 11) is 0. The number of nitrogens with one attached hydrogen (secondary N) is 2. The predicted octanol–water partition coefficient (Wildman–Crippen LogP) is 4.74. The van der Waals surface area contributed by atoms with Crippen LogP contribution >= 0.6 is 34.2 Å². The minimum Gasteiger partial charge on any atom is -0.350 e. The van der Waals surface area contributed by atoms with E-state index in [1.165, 1.54) is 11.1 Å². The smallest absolute Gasteiger partial charge is 0.251 e. The molecule has 1 aliphatic rings. The molecule has 0 saturated carbocycles. The summed E-state index contributed by atoms with van der Waals surface area (Å²) in [4.78, 5) is 28.4. The van der Waals surface area contributed by atoms with Gasteiger partial charge in [-0.05, 0) is 48.2 Å². The largest absolute Gasteiger partial charge is 0.350 e. The summed E-state index contributed by atoms with van der Waals surface area (Å²) in [6, 6.07) is 25.6. The van der Waals surface area contributed by atoms with Gasteiger partial charge in [-0.15, -0.1) is 0 Å². The number of alkyl halides is 1. The Morgan fingerprint density at radius 2 is 1.74 bits per heavy atom. The van der Waals surface area contributed by atoms with Gasteiger partial charge in [0.1, 0.15) is 0 Å². The first-order valence-corrected chi connectivity index (χ1v) is 14.9. The highest BCUT2D eigenvalue weighted by atomic mass is 127. The number of nitrogens with two attached hydrogens (primary N) is 1. The minimum atomic E-state index is -0.394. The van der Waals surface area contributed by atoms with Crippen LogP contribution in [-0.2, 0) is 9.22 Å². The van der Waals surface area contributed by atoms with E-state index in [2.05, 4.69) is 57.5 Å². The van der Waals surface area contributed by atoms with Crippen molar-refractivity contribution in [1.29, 1.82) is 0 Å². The van der Waals surface area contributed by atoms with Crippen LogP contribution in [0.5, 0.6) is 0 Å². The summed E-state index contributed by atoms with van der Waals surface area (Å²) < 4.78 is 0.785. The Labute approximate surface area is 243 Å². The minimum absolute atomic E-state index is 0.0551. The van der Waals surface area contributed by atoms with Gasteiger partial charge in [0.25, 0.3) is 5.91 Å². The number of benzene rings is 3. The summed E-state index contributed by atoms with van der Waals surface area (Å²) in [5, 5.41) is 7.09. The van der Waals surface area contributed by atoms with Crippen molar-refractivity contribution in [1.82, 2.24) is 15.5 Å². The van der Waals surface area contributed by atoms with Gasteiger partial charge in [0.15, 0.2) is 0 Å². The summed E-state index contributed by atoms with van der Waals surface area (Å²) >= 11 is 8.56. The monoisotopic (exact) mass is 644 g/mol. The lowest BCUT2D eigenvalue weighted by molar-refractivity contribution is -0.133. The Morgan fingerprint density at radius 3 is 2.32 bits per heavy atom. The molecule has 4 rings (SSSR count). The van der Waals surface area contributed by atoms with Crippen molar-refractivity contribution in [3.05, 3.63) is 106 Å². The van der Waals surface area contributed by atoms with Crippen molar-refractivity contribution in [3.8, 4) is 0 Å². The Bertz CT molecular complexity index is 1170. The van der Waals surface area contributed by atoms with E-state index in [4.69, 9.17) is 17.3 Å². The van der Waals surface area contributed by atoms with E-state index in [1.54, 1.807) is 12.1 Å². The highest BCUT2D eigenvalue weighted by Crippen LogP contribution is 2.27. The zero-order valence-corrected chi connectivity index (χ0v) is 24.2. The van der Waals surface area contributed by atoms with E-state index >= 15 is 0 Å². The molecule has 6 nitrogen and oxygen atoms in total. The number of nitrogens with zero attached hydrogens (tertiary/aromatic N) is 1. The molecule has 0 spiro atoms. The molecular formula is C30H34ClIN4O2. The van der Waals surface area contributed by atoms with Crippen molar-refractivity contribution in [2.24, 2.45) is 5.73 Å². The lowest BCUT2D eigenvalue weighted by Crippen LogP contribution is -2.49. The van der Waals surface area contributed by atoms with Crippen LogP contribution in [0.25, 0.3) is 0 Å². The van der Waals surface area contributed by atoms with E-state index in [1.807, 2.05) is 47.4 Å². The fourth-order valence-corrected chi connectivity index (χ4v) is 6.04. The van der Waals surface area contributed by atoms with E-state index < -0.39 is 6.04 Å². The van der Waals surface area contributed by atoms with Crippen molar-refractivity contribution in [3.63, 3.8) is 0 Å². The number of amides is 2. The van der Waals surface area contributed by atoms with E-state index in [0.29, 0.717) is 43.2 Å². The third kappa shape index (κ3) is 7.34. The van der Waals surface area contributed by atoms with Crippen LogP contribution in [-0.4, -0.2) is 55.0 Å². The number of hydrogen-bond donors (Lipinski definition) is 3. The molecule has 0 radical (unpaired) electrons. The van der Waals surface area contributed by atoms with Gasteiger partial charge in [-0.2, -0.15) is 0 Å². The van der Waals surface area contributed by atoms with Gasteiger partial charge in [-0.25, -0.2) is 0 Å². The number of carbonyl (C=O) groups excluding carboxylic acids is 2. The molecule has 3 aromatic carbocycles. The second-order valence-corrected chi connectivity index (χ2v) is 10.8. The summed E-state index contributed by atoms with van der Waals surface area (Å²) in [5.74, 6) is -0.0570. The van der Waals surface area contributed by atoms with Crippen molar-refractivity contribution in [2.75, 3.05) is 26.2 Å². The van der Waals surface area contributed by atoms with Crippen molar-refractivity contribution < 1.29 is 9.59 Å². The first-order valence-electron chi connectivity index (χ1n) is 13.0. The van der Waals surface area contributed by atoms with Crippen molar-refractivity contribution in [2.45, 2.75) is 35.3 Å². The number of hydrogen-bond acceptors (Lipinski definition) is 4. The fraction of sp³-hybridized carbons (Fsp3) is 0.333. The summed E-state index contributed by atoms with van der Waals surface area (Å²) in [6.45, 7) is 1.99. The SMILES string of the molecule is NCC[C@@H]1N[C@H](CNC(=O)c2ccc(CI)c(Cl)c2)CCN(CC(c2ccccc2)c2ccccc2)C1=O. The van der Waals surface area contributed by atoms with Gasteiger partial charge in [-0.3, -0.25) is 9.59 Å². The lowest BCUT2D eigenvalue weighted by atomic mass is 9.90. The lowest BCUT2D eigenvalue weighted by Gasteiger charge is -2.29. The first kappa shape index (κ1) is 28.5. The fourth-order valence-electron chi connectivity index (χ4n) is 4.91. The number of halogens is 2. The highest BCUT2D eigenvalue weighted by Gasteiger charge is 2.32. The van der Waals surface area contributed by atoms with E-state index in [-0.39, 0.29) is 23.8 Å². The maximum atomic E-state index is 13.6. The zero-order chi connectivity index (χ0) is 26.9. The second-order valence-electron chi connectivity index (χ2n) is 9.59. The van der Waals surface area contributed by atoms with E-state index in [9.17, 15) is 9.59 Å². The molecule has 4 N–H and O–H groups in total. The molecule has 3 aromatic rings. The number of rotatable bonds is 10. The maximum absolute atomic E-state index is 13.6. The molecule has 1 saturated heterocycles. The maximum Gasteiger partial charge on any atom is 0.251 e. The van der Waals surface area contributed by atoms with Crippen molar-refractivity contribution >= 4 is 46.0 Å². The topological polar surface area (TPSA) is 87.5 Å². The molecule has 0 unspecified atom stereocenters. The van der Waals surface area contributed by atoms with Gasteiger partial charge in [0.05, 0.1) is 6.04 Å². The highest BCUT2D eigenvalue weighted by molar-refractivity contribution is 14.1.